The zero-order valence-corrected chi connectivity index (χ0v) is 17.5. The first-order chi connectivity index (χ1) is 13.7. The molecule has 29 heavy (non-hydrogen) atoms. The molecule has 0 bridgehead atoms. The second-order valence-electron chi connectivity index (χ2n) is 7.35. The summed E-state index contributed by atoms with van der Waals surface area (Å²) < 4.78 is 27.1. The zero-order chi connectivity index (χ0) is 21.2. The van der Waals surface area contributed by atoms with Crippen LogP contribution >= 0.6 is 0 Å². The largest absolute Gasteiger partial charge is 0.271 e. The summed E-state index contributed by atoms with van der Waals surface area (Å²) in [5, 5.41) is 0. The molecule has 0 aromatic heterocycles. The number of hydrazine groups is 1. The Bertz CT molecular complexity index is 1030. The van der Waals surface area contributed by atoms with Crippen molar-refractivity contribution in [1.29, 1.82) is 0 Å². The molecule has 0 saturated carbocycles. The minimum absolute atomic E-state index is 0.155. The number of nitrogens with zero attached hydrogens (tertiary/aromatic N) is 1. The van der Waals surface area contributed by atoms with Crippen molar-refractivity contribution in [3.8, 4) is 0 Å². The van der Waals surface area contributed by atoms with Gasteiger partial charge >= 0.3 is 0 Å². The molecule has 1 atom stereocenters. The van der Waals surface area contributed by atoms with Crippen molar-refractivity contribution < 1.29 is 18.0 Å². The molecule has 0 spiro atoms. The van der Waals surface area contributed by atoms with E-state index < -0.39 is 27.9 Å². The van der Waals surface area contributed by atoms with Gasteiger partial charge in [0.2, 0.25) is 10.0 Å². The molecule has 154 valence electrons. The van der Waals surface area contributed by atoms with Crippen molar-refractivity contribution in [2.75, 3.05) is 6.54 Å². The van der Waals surface area contributed by atoms with Crippen molar-refractivity contribution in [2.45, 2.75) is 44.6 Å². The van der Waals surface area contributed by atoms with E-state index in [0.29, 0.717) is 18.4 Å². The molecule has 2 N–H and O–H groups in total. The van der Waals surface area contributed by atoms with Gasteiger partial charge in [-0.1, -0.05) is 35.4 Å². The summed E-state index contributed by atoms with van der Waals surface area (Å²) >= 11 is 0. The molecule has 3 rings (SSSR count). The van der Waals surface area contributed by atoms with Gasteiger partial charge in [-0.25, -0.2) is 8.42 Å². The topological polar surface area (TPSA) is 95.6 Å². The number of rotatable bonds is 4. The van der Waals surface area contributed by atoms with E-state index >= 15 is 0 Å². The highest BCUT2D eigenvalue weighted by Gasteiger charge is 2.39. The summed E-state index contributed by atoms with van der Waals surface area (Å²) in [6, 6.07) is 11.1. The van der Waals surface area contributed by atoms with Gasteiger partial charge in [0.05, 0.1) is 4.90 Å². The lowest BCUT2D eigenvalue weighted by atomic mass is 10.1. The lowest BCUT2D eigenvalue weighted by molar-refractivity contribution is -0.125. The number of carbonyl (C=O) groups excluding carboxylic acids is 2. The Labute approximate surface area is 171 Å². The van der Waals surface area contributed by atoms with E-state index in [9.17, 15) is 18.0 Å². The van der Waals surface area contributed by atoms with Crippen LogP contribution in [0, 0.1) is 20.8 Å². The standard InChI is InChI=1S/C21H25N3O4S/c1-14-6-9-17(10-7-14)29(27,28)24-12-4-5-19(24)21(26)23-22-20(25)18-11-8-15(2)13-16(18)3/h6-11,13,19H,4-5,12H2,1-3H3,(H,22,25)(H,23,26)/t19-/m1/s1. The van der Waals surface area contributed by atoms with E-state index in [-0.39, 0.29) is 11.4 Å². The molecule has 2 aromatic rings. The summed E-state index contributed by atoms with van der Waals surface area (Å²) in [6.45, 7) is 5.89. The number of amides is 2. The number of carbonyl (C=O) groups is 2. The molecule has 1 saturated heterocycles. The molecule has 8 heteroatoms. The predicted octanol–water partition coefficient (Wildman–Crippen LogP) is 2.23. The van der Waals surface area contributed by atoms with Gasteiger partial charge in [-0.3, -0.25) is 20.4 Å². The second-order valence-corrected chi connectivity index (χ2v) is 9.24. The Balaban J connectivity index is 1.70. The fourth-order valence-electron chi connectivity index (χ4n) is 3.47. The van der Waals surface area contributed by atoms with E-state index in [4.69, 9.17) is 0 Å². The zero-order valence-electron chi connectivity index (χ0n) is 16.7. The van der Waals surface area contributed by atoms with Gasteiger partial charge in [0, 0.05) is 12.1 Å². The van der Waals surface area contributed by atoms with Crippen LogP contribution < -0.4 is 10.9 Å². The number of aryl methyl sites for hydroxylation is 3. The van der Waals surface area contributed by atoms with Crippen molar-refractivity contribution in [3.05, 3.63) is 64.7 Å². The highest BCUT2D eigenvalue weighted by atomic mass is 32.2. The number of hydrogen-bond donors (Lipinski definition) is 2. The van der Waals surface area contributed by atoms with Crippen LogP contribution in [-0.4, -0.2) is 37.1 Å². The maximum Gasteiger partial charge on any atom is 0.269 e. The molecular formula is C21H25N3O4S. The molecule has 2 amide bonds. The van der Waals surface area contributed by atoms with Crippen LogP contribution in [-0.2, 0) is 14.8 Å². The summed E-state index contributed by atoms with van der Waals surface area (Å²) in [7, 11) is -3.79. The SMILES string of the molecule is Cc1ccc(S(=O)(=O)N2CCC[C@@H]2C(=O)NNC(=O)c2ccc(C)cc2C)cc1. The monoisotopic (exact) mass is 415 g/mol. The maximum absolute atomic E-state index is 13.0. The number of benzene rings is 2. The molecule has 2 aromatic carbocycles. The summed E-state index contributed by atoms with van der Waals surface area (Å²) in [4.78, 5) is 25.2. The third kappa shape index (κ3) is 4.49. The number of nitrogens with one attached hydrogen (secondary N) is 2. The van der Waals surface area contributed by atoms with Gasteiger partial charge in [0.25, 0.3) is 11.8 Å². The predicted molar refractivity (Wildman–Crippen MR) is 110 cm³/mol. The van der Waals surface area contributed by atoms with Gasteiger partial charge in [-0.2, -0.15) is 4.31 Å². The molecule has 1 aliphatic heterocycles. The highest BCUT2D eigenvalue weighted by Crippen LogP contribution is 2.26. The van der Waals surface area contributed by atoms with Crippen LogP contribution in [0.5, 0.6) is 0 Å². The van der Waals surface area contributed by atoms with Gasteiger partial charge < -0.3 is 0 Å². The first kappa shape index (κ1) is 21.0. The number of sulfonamides is 1. The van der Waals surface area contributed by atoms with Crippen molar-refractivity contribution >= 4 is 21.8 Å². The molecule has 7 nitrogen and oxygen atoms in total. The Kier molecular flexibility index (Phi) is 6.04. The summed E-state index contributed by atoms with van der Waals surface area (Å²) in [5.74, 6) is -0.988. The Hall–Kier alpha value is -2.71. The summed E-state index contributed by atoms with van der Waals surface area (Å²) in [5.41, 5.74) is 8.01. The second kappa shape index (κ2) is 8.34. The first-order valence-corrected chi connectivity index (χ1v) is 10.9. The minimum Gasteiger partial charge on any atom is -0.271 e. The van der Waals surface area contributed by atoms with Crippen LogP contribution in [0.3, 0.4) is 0 Å². The van der Waals surface area contributed by atoms with E-state index in [1.54, 1.807) is 30.3 Å². The van der Waals surface area contributed by atoms with Crippen LogP contribution in [0.2, 0.25) is 0 Å². The lowest BCUT2D eigenvalue weighted by Gasteiger charge is -2.23. The average Bonchev–Trinajstić information content (AvgIpc) is 3.17. The van der Waals surface area contributed by atoms with E-state index in [0.717, 1.165) is 16.7 Å². The third-order valence-electron chi connectivity index (χ3n) is 5.06. The van der Waals surface area contributed by atoms with Gasteiger partial charge in [-0.15, -0.1) is 0 Å². The molecule has 1 aliphatic rings. The fourth-order valence-corrected chi connectivity index (χ4v) is 5.13. The lowest BCUT2D eigenvalue weighted by Crippen LogP contribution is -2.51. The molecule has 0 unspecified atom stereocenters. The Morgan fingerprint density at radius 3 is 2.28 bits per heavy atom. The normalized spacial score (nSPS) is 17.1. The Morgan fingerprint density at radius 1 is 0.966 bits per heavy atom. The highest BCUT2D eigenvalue weighted by molar-refractivity contribution is 7.89. The van der Waals surface area contributed by atoms with E-state index in [1.165, 1.54) is 4.31 Å². The molecule has 0 aliphatic carbocycles. The van der Waals surface area contributed by atoms with Gasteiger partial charge in [-0.05, 0) is 57.4 Å². The quantitative estimate of drug-likeness (QED) is 0.749. The van der Waals surface area contributed by atoms with Crippen LogP contribution in [0.1, 0.15) is 39.9 Å². The van der Waals surface area contributed by atoms with Crippen LogP contribution in [0.15, 0.2) is 47.4 Å². The maximum atomic E-state index is 13.0. The fraction of sp³-hybridized carbons (Fsp3) is 0.333. The van der Waals surface area contributed by atoms with Crippen LogP contribution in [0.25, 0.3) is 0 Å². The van der Waals surface area contributed by atoms with Gasteiger partial charge in [0.15, 0.2) is 0 Å². The number of hydrogen-bond acceptors (Lipinski definition) is 4. The van der Waals surface area contributed by atoms with Crippen LogP contribution in [0.4, 0.5) is 0 Å². The van der Waals surface area contributed by atoms with E-state index in [2.05, 4.69) is 10.9 Å². The average molecular weight is 416 g/mol. The molecule has 1 fully saturated rings. The third-order valence-corrected chi connectivity index (χ3v) is 6.98. The Morgan fingerprint density at radius 2 is 1.62 bits per heavy atom. The molecule has 1 heterocycles. The summed E-state index contributed by atoms with van der Waals surface area (Å²) in [6.07, 6.45) is 0.977. The van der Waals surface area contributed by atoms with Gasteiger partial charge in [0.1, 0.15) is 6.04 Å². The van der Waals surface area contributed by atoms with Crippen molar-refractivity contribution in [1.82, 2.24) is 15.2 Å². The van der Waals surface area contributed by atoms with Crippen molar-refractivity contribution in [2.24, 2.45) is 0 Å². The molecular weight excluding hydrogens is 390 g/mol. The first-order valence-electron chi connectivity index (χ1n) is 9.46. The smallest absolute Gasteiger partial charge is 0.269 e. The van der Waals surface area contributed by atoms with Crippen molar-refractivity contribution in [3.63, 3.8) is 0 Å². The van der Waals surface area contributed by atoms with E-state index in [1.807, 2.05) is 32.9 Å². The minimum atomic E-state index is -3.79. The molecule has 0 radical (unpaired) electrons.